The van der Waals surface area contributed by atoms with Crippen LogP contribution in [0.2, 0.25) is 0 Å². The van der Waals surface area contributed by atoms with Gasteiger partial charge in [0.1, 0.15) is 11.9 Å². The minimum Gasteiger partial charge on any atom is -0.468 e. The summed E-state index contributed by atoms with van der Waals surface area (Å²) in [5.74, 6) is -0.491. The highest BCUT2D eigenvalue weighted by molar-refractivity contribution is 5.75. The first kappa shape index (κ1) is 14.9. The molecule has 2 N–H and O–H groups in total. The first-order valence-corrected chi connectivity index (χ1v) is 6.94. The van der Waals surface area contributed by atoms with Gasteiger partial charge in [-0.2, -0.15) is 0 Å². The van der Waals surface area contributed by atoms with E-state index >= 15 is 0 Å². The van der Waals surface area contributed by atoms with E-state index < -0.39 is 0 Å². The number of rotatable bonds is 4. The van der Waals surface area contributed by atoms with E-state index in [1.807, 2.05) is 6.07 Å². The largest absolute Gasteiger partial charge is 0.468 e. The Morgan fingerprint density at radius 1 is 1.40 bits per heavy atom. The highest BCUT2D eigenvalue weighted by Crippen LogP contribution is 2.21. The number of piperidine rings is 1. The Balaban J connectivity index is 2.14. The number of halogens is 1. The Morgan fingerprint density at radius 3 is 2.85 bits per heavy atom. The molecule has 1 atom stereocenters. The van der Waals surface area contributed by atoms with Gasteiger partial charge in [0.05, 0.1) is 7.11 Å². The van der Waals surface area contributed by atoms with Crippen LogP contribution in [0, 0.1) is 5.82 Å². The molecule has 1 aliphatic heterocycles. The Morgan fingerprint density at radius 2 is 2.15 bits per heavy atom. The standard InChI is InChI=1S/C15H21FN2O2/c1-20-15(19)14-4-2-3-5-18(14)10-12-6-11(9-17)7-13(16)8-12/h6-8,14H,2-5,9-10,17H2,1H3. The molecule has 1 heterocycles. The van der Waals surface area contributed by atoms with Gasteiger partial charge in [0.15, 0.2) is 0 Å². The molecule has 0 bridgehead atoms. The Kier molecular flexibility index (Phi) is 5.09. The zero-order chi connectivity index (χ0) is 14.5. The predicted molar refractivity (Wildman–Crippen MR) is 74.4 cm³/mol. The van der Waals surface area contributed by atoms with Crippen molar-refractivity contribution in [2.75, 3.05) is 13.7 Å². The fraction of sp³-hybridized carbons (Fsp3) is 0.533. The van der Waals surface area contributed by atoms with Crippen LogP contribution in [0.5, 0.6) is 0 Å². The average molecular weight is 280 g/mol. The molecule has 0 aliphatic carbocycles. The van der Waals surface area contributed by atoms with E-state index in [1.54, 1.807) is 0 Å². The molecule has 0 spiro atoms. The van der Waals surface area contributed by atoms with E-state index in [0.29, 0.717) is 13.1 Å². The van der Waals surface area contributed by atoms with E-state index in [9.17, 15) is 9.18 Å². The van der Waals surface area contributed by atoms with E-state index in [1.165, 1.54) is 19.2 Å². The quantitative estimate of drug-likeness (QED) is 0.855. The van der Waals surface area contributed by atoms with Gasteiger partial charge < -0.3 is 10.5 Å². The number of nitrogens with zero attached hydrogens (tertiary/aromatic N) is 1. The van der Waals surface area contributed by atoms with E-state index in [2.05, 4.69) is 4.90 Å². The van der Waals surface area contributed by atoms with E-state index in [4.69, 9.17) is 10.5 Å². The third-order valence-electron chi connectivity index (χ3n) is 3.73. The number of carbonyl (C=O) groups is 1. The summed E-state index contributed by atoms with van der Waals surface area (Å²) in [7, 11) is 1.41. The molecule has 1 unspecified atom stereocenters. The van der Waals surface area contributed by atoms with Gasteiger partial charge in [-0.25, -0.2) is 4.39 Å². The van der Waals surface area contributed by atoms with Gasteiger partial charge in [-0.15, -0.1) is 0 Å². The van der Waals surface area contributed by atoms with Crippen molar-refractivity contribution in [2.45, 2.75) is 38.4 Å². The molecule has 1 aromatic rings. The van der Waals surface area contributed by atoms with Crippen LogP contribution in [0.1, 0.15) is 30.4 Å². The summed E-state index contributed by atoms with van der Waals surface area (Å²) >= 11 is 0. The summed E-state index contributed by atoms with van der Waals surface area (Å²) in [5.41, 5.74) is 7.18. The summed E-state index contributed by atoms with van der Waals surface area (Å²) in [6.07, 6.45) is 2.87. The van der Waals surface area contributed by atoms with Crippen LogP contribution in [-0.4, -0.2) is 30.6 Å². The summed E-state index contributed by atoms with van der Waals surface area (Å²) in [5, 5.41) is 0. The van der Waals surface area contributed by atoms with Crippen LogP contribution in [0.25, 0.3) is 0 Å². The molecule has 1 saturated heterocycles. The molecule has 1 aromatic carbocycles. The highest BCUT2D eigenvalue weighted by Gasteiger charge is 2.29. The lowest BCUT2D eigenvalue weighted by Crippen LogP contribution is -2.44. The predicted octanol–water partition coefficient (Wildman–Crippen LogP) is 1.81. The second-order valence-electron chi connectivity index (χ2n) is 5.18. The number of methoxy groups -OCH3 is 1. The maximum absolute atomic E-state index is 13.5. The van der Waals surface area contributed by atoms with Crippen molar-refractivity contribution in [2.24, 2.45) is 5.73 Å². The number of esters is 1. The van der Waals surface area contributed by atoms with Gasteiger partial charge >= 0.3 is 5.97 Å². The van der Waals surface area contributed by atoms with E-state index in [-0.39, 0.29) is 17.8 Å². The Hall–Kier alpha value is -1.46. The minimum absolute atomic E-state index is 0.208. The smallest absolute Gasteiger partial charge is 0.323 e. The van der Waals surface area contributed by atoms with Crippen LogP contribution < -0.4 is 5.73 Å². The number of benzene rings is 1. The van der Waals surface area contributed by atoms with Gasteiger partial charge in [-0.1, -0.05) is 12.5 Å². The second-order valence-corrected chi connectivity index (χ2v) is 5.18. The number of hydrogen-bond acceptors (Lipinski definition) is 4. The van der Waals surface area contributed by atoms with Crippen LogP contribution in [0.4, 0.5) is 4.39 Å². The molecule has 0 radical (unpaired) electrons. The zero-order valence-electron chi connectivity index (χ0n) is 11.8. The molecule has 0 amide bonds. The lowest BCUT2D eigenvalue weighted by molar-refractivity contribution is -0.148. The Bertz CT molecular complexity index is 479. The van der Waals surface area contributed by atoms with Crippen LogP contribution in [0.3, 0.4) is 0 Å². The van der Waals surface area contributed by atoms with Crippen molar-refractivity contribution in [3.63, 3.8) is 0 Å². The van der Waals surface area contributed by atoms with Gasteiger partial charge in [0.2, 0.25) is 0 Å². The van der Waals surface area contributed by atoms with Gasteiger partial charge in [0.25, 0.3) is 0 Å². The van der Waals surface area contributed by atoms with E-state index in [0.717, 1.165) is 36.9 Å². The monoisotopic (exact) mass is 280 g/mol. The van der Waals surface area contributed by atoms with Gasteiger partial charge in [-0.05, 0) is 42.6 Å². The molecular weight excluding hydrogens is 259 g/mol. The van der Waals surface area contributed by atoms with Crippen molar-refractivity contribution >= 4 is 5.97 Å². The molecule has 1 fully saturated rings. The molecular formula is C15H21FN2O2. The SMILES string of the molecule is COC(=O)C1CCCCN1Cc1cc(F)cc(CN)c1. The number of hydrogen-bond donors (Lipinski definition) is 1. The van der Waals surface area contributed by atoms with Crippen LogP contribution >= 0.6 is 0 Å². The summed E-state index contributed by atoms with van der Waals surface area (Å²) in [4.78, 5) is 13.9. The molecule has 1 aliphatic rings. The topological polar surface area (TPSA) is 55.6 Å². The maximum Gasteiger partial charge on any atom is 0.323 e. The molecule has 2 rings (SSSR count). The zero-order valence-corrected chi connectivity index (χ0v) is 11.8. The highest BCUT2D eigenvalue weighted by atomic mass is 19.1. The number of likely N-dealkylation sites (tertiary alicyclic amines) is 1. The maximum atomic E-state index is 13.5. The van der Waals surface area contributed by atoms with Crippen molar-refractivity contribution in [1.29, 1.82) is 0 Å². The van der Waals surface area contributed by atoms with Gasteiger partial charge in [0, 0.05) is 13.1 Å². The van der Waals surface area contributed by atoms with Crippen molar-refractivity contribution in [1.82, 2.24) is 4.90 Å². The average Bonchev–Trinajstić information content (AvgIpc) is 2.46. The van der Waals surface area contributed by atoms with Crippen LogP contribution in [0.15, 0.2) is 18.2 Å². The van der Waals surface area contributed by atoms with Crippen molar-refractivity contribution in [3.8, 4) is 0 Å². The van der Waals surface area contributed by atoms with Crippen LogP contribution in [-0.2, 0) is 22.6 Å². The molecule has 5 heteroatoms. The molecule has 0 saturated carbocycles. The number of nitrogens with two attached hydrogens (primary N) is 1. The summed E-state index contributed by atoms with van der Waals surface area (Å²) < 4.78 is 18.4. The summed E-state index contributed by atoms with van der Waals surface area (Å²) in [6.45, 7) is 1.68. The van der Waals surface area contributed by atoms with Gasteiger partial charge in [-0.3, -0.25) is 9.69 Å². The first-order valence-electron chi connectivity index (χ1n) is 6.94. The normalized spacial score (nSPS) is 19.9. The third kappa shape index (κ3) is 3.55. The Labute approximate surface area is 118 Å². The second kappa shape index (κ2) is 6.81. The number of carbonyl (C=O) groups excluding carboxylic acids is 1. The third-order valence-corrected chi connectivity index (χ3v) is 3.73. The fourth-order valence-electron chi connectivity index (χ4n) is 2.74. The van der Waals surface area contributed by atoms with Crippen molar-refractivity contribution in [3.05, 3.63) is 35.1 Å². The summed E-state index contributed by atoms with van der Waals surface area (Å²) in [6, 6.07) is 4.62. The first-order chi connectivity index (χ1) is 9.63. The fourth-order valence-corrected chi connectivity index (χ4v) is 2.74. The number of ether oxygens (including phenoxy) is 1. The molecule has 4 nitrogen and oxygen atoms in total. The molecule has 0 aromatic heterocycles. The minimum atomic E-state index is -0.283. The van der Waals surface area contributed by atoms with Crippen molar-refractivity contribution < 1.29 is 13.9 Å². The molecule has 20 heavy (non-hydrogen) atoms. The lowest BCUT2D eigenvalue weighted by atomic mass is 10.0. The molecule has 110 valence electrons. The lowest BCUT2D eigenvalue weighted by Gasteiger charge is -2.33.